The Labute approximate surface area is 154 Å². The third-order valence-corrected chi connectivity index (χ3v) is 5.16. The first-order valence-corrected chi connectivity index (χ1v) is 9.40. The van der Waals surface area contributed by atoms with E-state index < -0.39 is 5.97 Å². The average molecular weight is 367 g/mol. The van der Waals surface area contributed by atoms with E-state index in [1.54, 1.807) is 4.90 Å². The fourth-order valence-electron chi connectivity index (χ4n) is 3.18. The molecule has 0 spiro atoms. The van der Waals surface area contributed by atoms with Crippen molar-refractivity contribution in [2.75, 3.05) is 6.54 Å². The fraction of sp³-hybridized carbons (Fsp3) is 0.579. The molecule has 1 aliphatic rings. The first-order chi connectivity index (χ1) is 12.0. The number of carboxylic acids is 1. The molecule has 0 unspecified atom stereocenters. The molecule has 2 N–H and O–H groups in total. The molecule has 25 heavy (non-hydrogen) atoms. The number of carboxylic acid groups (broad SMARTS) is 1. The minimum absolute atomic E-state index is 0.0541. The second kappa shape index (κ2) is 9.66. The Bertz CT molecular complexity index is 586. The summed E-state index contributed by atoms with van der Waals surface area (Å²) in [6.45, 7) is 3.26. The molecule has 0 aromatic heterocycles. The number of rotatable bonds is 7. The van der Waals surface area contributed by atoms with Crippen molar-refractivity contribution in [1.82, 2.24) is 10.2 Å². The van der Waals surface area contributed by atoms with Crippen molar-refractivity contribution >= 4 is 23.6 Å². The summed E-state index contributed by atoms with van der Waals surface area (Å²) in [4.78, 5) is 25.5. The van der Waals surface area contributed by atoms with Gasteiger partial charge in [-0.1, -0.05) is 43.1 Å². The van der Waals surface area contributed by atoms with Crippen LogP contribution in [0, 0.1) is 5.92 Å². The van der Waals surface area contributed by atoms with E-state index in [1.165, 1.54) is 0 Å². The lowest BCUT2D eigenvalue weighted by molar-refractivity contribution is -0.142. The molecule has 2 rings (SSSR count). The smallest absolute Gasteiger partial charge is 0.317 e. The molecule has 6 heteroatoms. The number of aliphatic carboxylic acids is 1. The van der Waals surface area contributed by atoms with Gasteiger partial charge >= 0.3 is 12.0 Å². The summed E-state index contributed by atoms with van der Waals surface area (Å²) in [6.07, 6.45) is 4.63. The van der Waals surface area contributed by atoms with Gasteiger partial charge in [0.05, 0.1) is 5.92 Å². The second-order valence-electron chi connectivity index (χ2n) is 6.70. The van der Waals surface area contributed by atoms with E-state index in [-0.39, 0.29) is 18.0 Å². The van der Waals surface area contributed by atoms with Crippen LogP contribution in [-0.4, -0.2) is 34.6 Å². The molecule has 0 saturated heterocycles. The lowest BCUT2D eigenvalue weighted by atomic mass is 9.86. The van der Waals surface area contributed by atoms with Crippen LogP contribution in [0.1, 0.15) is 51.0 Å². The summed E-state index contributed by atoms with van der Waals surface area (Å²) in [5.41, 5.74) is 0.935. The van der Waals surface area contributed by atoms with E-state index in [0.29, 0.717) is 31.0 Å². The van der Waals surface area contributed by atoms with Gasteiger partial charge < -0.3 is 15.3 Å². The van der Waals surface area contributed by atoms with E-state index in [2.05, 4.69) is 12.2 Å². The van der Waals surface area contributed by atoms with Crippen LogP contribution in [0.3, 0.4) is 0 Å². The lowest BCUT2D eigenvalue weighted by Gasteiger charge is -2.30. The zero-order valence-corrected chi connectivity index (χ0v) is 15.5. The van der Waals surface area contributed by atoms with Gasteiger partial charge in [0.25, 0.3) is 0 Å². The van der Waals surface area contributed by atoms with Gasteiger partial charge in [-0.05, 0) is 43.7 Å². The average Bonchev–Trinajstić information content (AvgIpc) is 2.60. The number of carbonyl (C=O) groups is 2. The van der Waals surface area contributed by atoms with Crippen LogP contribution in [0.25, 0.3) is 0 Å². The summed E-state index contributed by atoms with van der Waals surface area (Å²) in [5.74, 6) is -0.999. The zero-order chi connectivity index (χ0) is 18.2. The molecule has 138 valence electrons. The normalized spacial score (nSPS) is 20.1. The number of hydrogen-bond acceptors (Lipinski definition) is 2. The summed E-state index contributed by atoms with van der Waals surface area (Å²) < 4.78 is 0. The molecule has 1 aromatic rings. The van der Waals surface area contributed by atoms with Crippen molar-refractivity contribution in [3.8, 4) is 0 Å². The number of nitrogens with zero attached hydrogens (tertiary/aromatic N) is 1. The van der Waals surface area contributed by atoms with Crippen LogP contribution in [0.15, 0.2) is 24.3 Å². The third kappa shape index (κ3) is 5.92. The van der Waals surface area contributed by atoms with Crippen LogP contribution in [0.2, 0.25) is 5.02 Å². The van der Waals surface area contributed by atoms with Gasteiger partial charge in [0, 0.05) is 24.2 Å². The van der Waals surface area contributed by atoms with Gasteiger partial charge in [-0.15, -0.1) is 0 Å². The van der Waals surface area contributed by atoms with Gasteiger partial charge in [-0.3, -0.25) is 4.79 Å². The maximum atomic E-state index is 12.7. The standard InChI is InChI=1S/C19H27ClN2O3/c1-2-3-12-22(13-15-6-4-5-7-17(15)20)19(25)21-16-10-8-14(9-11-16)18(23)24/h4-7,14,16H,2-3,8-13H2,1H3,(H,21,25)(H,23,24). The van der Waals surface area contributed by atoms with Crippen molar-refractivity contribution in [3.05, 3.63) is 34.9 Å². The molecule has 1 saturated carbocycles. The van der Waals surface area contributed by atoms with E-state index in [4.69, 9.17) is 16.7 Å². The number of unbranched alkanes of at least 4 members (excludes halogenated alkanes) is 1. The number of amides is 2. The van der Waals surface area contributed by atoms with Crippen molar-refractivity contribution in [2.24, 2.45) is 5.92 Å². The molecule has 1 aliphatic carbocycles. The lowest BCUT2D eigenvalue weighted by Crippen LogP contribution is -2.46. The Morgan fingerprint density at radius 1 is 1.24 bits per heavy atom. The molecular formula is C19H27ClN2O3. The highest BCUT2D eigenvalue weighted by atomic mass is 35.5. The van der Waals surface area contributed by atoms with Crippen LogP contribution in [0.5, 0.6) is 0 Å². The monoisotopic (exact) mass is 366 g/mol. The minimum atomic E-state index is -0.729. The molecule has 1 aromatic carbocycles. The molecule has 0 radical (unpaired) electrons. The quantitative estimate of drug-likeness (QED) is 0.756. The number of nitrogens with one attached hydrogen (secondary N) is 1. The predicted octanol–water partition coefficient (Wildman–Crippen LogP) is 4.30. The topological polar surface area (TPSA) is 69.6 Å². The third-order valence-electron chi connectivity index (χ3n) is 4.79. The largest absolute Gasteiger partial charge is 0.481 e. The molecule has 2 amide bonds. The molecule has 1 fully saturated rings. The molecule has 5 nitrogen and oxygen atoms in total. The van der Waals surface area contributed by atoms with Gasteiger partial charge in [0.15, 0.2) is 0 Å². The Balaban J connectivity index is 1.94. The first kappa shape index (κ1) is 19.6. The Morgan fingerprint density at radius 3 is 2.52 bits per heavy atom. The first-order valence-electron chi connectivity index (χ1n) is 9.03. The van der Waals surface area contributed by atoms with Gasteiger partial charge in [0.1, 0.15) is 0 Å². The highest BCUT2D eigenvalue weighted by molar-refractivity contribution is 6.31. The number of carbonyl (C=O) groups excluding carboxylic acids is 1. The number of hydrogen-bond donors (Lipinski definition) is 2. The summed E-state index contributed by atoms with van der Waals surface area (Å²) >= 11 is 6.23. The van der Waals surface area contributed by atoms with Gasteiger partial charge in [-0.25, -0.2) is 4.79 Å². The molecule has 0 heterocycles. The van der Waals surface area contributed by atoms with Crippen molar-refractivity contribution < 1.29 is 14.7 Å². The Hall–Kier alpha value is -1.75. The predicted molar refractivity (Wildman–Crippen MR) is 98.7 cm³/mol. The fourth-order valence-corrected chi connectivity index (χ4v) is 3.38. The van der Waals surface area contributed by atoms with E-state index in [0.717, 1.165) is 31.2 Å². The number of urea groups is 1. The molecule has 0 atom stereocenters. The van der Waals surface area contributed by atoms with Crippen molar-refractivity contribution in [1.29, 1.82) is 0 Å². The van der Waals surface area contributed by atoms with Crippen molar-refractivity contribution in [3.63, 3.8) is 0 Å². The zero-order valence-electron chi connectivity index (χ0n) is 14.7. The number of benzene rings is 1. The maximum Gasteiger partial charge on any atom is 0.317 e. The number of halogens is 1. The Kier molecular flexibility index (Phi) is 7.56. The van der Waals surface area contributed by atoms with E-state index >= 15 is 0 Å². The van der Waals surface area contributed by atoms with Crippen LogP contribution >= 0.6 is 11.6 Å². The SMILES string of the molecule is CCCCN(Cc1ccccc1Cl)C(=O)NC1CCC(C(=O)O)CC1. The van der Waals surface area contributed by atoms with Crippen LogP contribution < -0.4 is 5.32 Å². The van der Waals surface area contributed by atoms with Gasteiger partial charge in [-0.2, -0.15) is 0 Å². The molecule has 0 aliphatic heterocycles. The molecule has 0 bridgehead atoms. The summed E-state index contributed by atoms with van der Waals surface area (Å²) in [5, 5.41) is 12.8. The second-order valence-corrected chi connectivity index (χ2v) is 7.11. The van der Waals surface area contributed by atoms with Crippen LogP contribution in [0.4, 0.5) is 4.79 Å². The highest BCUT2D eigenvalue weighted by Crippen LogP contribution is 2.25. The summed E-state index contributed by atoms with van der Waals surface area (Å²) in [6, 6.07) is 7.53. The van der Waals surface area contributed by atoms with E-state index in [9.17, 15) is 9.59 Å². The maximum absolute atomic E-state index is 12.7. The Morgan fingerprint density at radius 2 is 1.92 bits per heavy atom. The highest BCUT2D eigenvalue weighted by Gasteiger charge is 2.27. The summed E-state index contributed by atoms with van der Waals surface area (Å²) in [7, 11) is 0. The van der Waals surface area contributed by atoms with Gasteiger partial charge in [0.2, 0.25) is 0 Å². The van der Waals surface area contributed by atoms with Crippen molar-refractivity contribution in [2.45, 2.75) is 58.0 Å². The minimum Gasteiger partial charge on any atom is -0.481 e. The van der Waals surface area contributed by atoms with Crippen LogP contribution in [-0.2, 0) is 11.3 Å². The van der Waals surface area contributed by atoms with E-state index in [1.807, 2.05) is 24.3 Å². The molecular weight excluding hydrogens is 340 g/mol.